The van der Waals surface area contributed by atoms with E-state index in [0.29, 0.717) is 11.5 Å². The quantitative estimate of drug-likeness (QED) is 0.738. The number of methoxy groups -OCH3 is 2. The molecule has 0 N–H and O–H groups in total. The number of aryl methyl sites for hydroxylation is 1. The molecule has 0 fully saturated rings. The minimum Gasteiger partial charge on any atom is -0.497 e. The summed E-state index contributed by atoms with van der Waals surface area (Å²) >= 11 is 0. The highest BCUT2D eigenvalue weighted by Crippen LogP contribution is 2.33. The number of allylic oxidation sites excluding steroid dienone is 1. The molecule has 0 spiro atoms. The summed E-state index contributed by atoms with van der Waals surface area (Å²) in [4.78, 5) is 2.10. The summed E-state index contributed by atoms with van der Waals surface area (Å²) in [6.45, 7) is 2.14. The fraction of sp³-hybridized carbons (Fsp3) is 0.286. The van der Waals surface area contributed by atoms with E-state index in [1.807, 2.05) is 32.3 Å². The highest BCUT2D eigenvalue weighted by molar-refractivity contribution is 5.84. The van der Waals surface area contributed by atoms with E-state index in [2.05, 4.69) is 36.1 Å². The number of hydrogen-bond donors (Lipinski definition) is 0. The number of rotatable bonds is 6. The number of nitrogens with zero attached hydrogens (tertiary/aromatic N) is 2. The van der Waals surface area contributed by atoms with Crippen LogP contribution in [-0.4, -0.2) is 28.3 Å². The summed E-state index contributed by atoms with van der Waals surface area (Å²) in [5.41, 5.74) is 5.13. The van der Waals surface area contributed by atoms with Crippen LogP contribution >= 0.6 is 0 Å². The molecule has 130 valence electrons. The Morgan fingerprint density at radius 1 is 1.04 bits per heavy atom. The average molecular weight is 336 g/mol. The van der Waals surface area contributed by atoms with E-state index in [9.17, 15) is 5.26 Å². The van der Waals surface area contributed by atoms with Crippen LogP contribution < -0.4 is 14.4 Å². The van der Waals surface area contributed by atoms with Crippen LogP contribution in [0, 0.1) is 11.3 Å². The van der Waals surface area contributed by atoms with Crippen LogP contribution in [0.3, 0.4) is 0 Å². The molecule has 2 aromatic carbocycles. The van der Waals surface area contributed by atoms with Crippen molar-refractivity contribution in [2.45, 2.75) is 13.3 Å². The third kappa shape index (κ3) is 4.13. The van der Waals surface area contributed by atoms with Crippen molar-refractivity contribution in [3.8, 4) is 17.6 Å². The molecule has 0 amide bonds. The lowest BCUT2D eigenvalue weighted by Crippen LogP contribution is -2.11. The standard InChI is InChI=1S/C21H24N2O2/c1-6-15-7-8-16(13-21(15)23(2)3)20(9-10-22)17-11-18(24-4)14-19(12-17)25-5/h7-9,11-14H,6H2,1-5H3/b20-9+. The molecule has 0 aliphatic heterocycles. The Morgan fingerprint density at radius 3 is 2.16 bits per heavy atom. The normalized spacial score (nSPS) is 11.0. The number of benzene rings is 2. The maximum Gasteiger partial charge on any atom is 0.123 e. The molecular weight excluding hydrogens is 312 g/mol. The molecule has 0 saturated heterocycles. The molecule has 0 atom stereocenters. The van der Waals surface area contributed by atoms with Gasteiger partial charge in [-0.25, -0.2) is 0 Å². The molecule has 25 heavy (non-hydrogen) atoms. The Kier molecular flexibility index (Phi) is 6.08. The van der Waals surface area contributed by atoms with Gasteiger partial charge in [-0.05, 0) is 46.9 Å². The Labute approximate surface area is 149 Å². The molecule has 0 unspecified atom stereocenters. The van der Waals surface area contributed by atoms with Crippen molar-refractivity contribution in [2.24, 2.45) is 0 Å². The summed E-state index contributed by atoms with van der Waals surface area (Å²) in [7, 11) is 7.29. The lowest BCUT2D eigenvalue weighted by atomic mass is 9.94. The van der Waals surface area contributed by atoms with Crippen LogP contribution in [0.25, 0.3) is 5.57 Å². The van der Waals surface area contributed by atoms with Crippen molar-refractivity contribution in [3.63, 3.8) is 0 Å². The second kappa shape index (κ2) is 8.25. The summed E-state index contributed by atoms with van der Waals surface area (Å²) < 4.78 is 10.7. The van der Waals surface area contributed by atoms with Crippen molar-refractivity contribution in [1.29, 1.82) is 5.26 Å². The fourth-order valence-corrected chi connectivity index (χ4v) is 2.81. The zero-order chi connectivity index (χ0) is 18.4. The van der Waals surface area contributed by atoms with Gasteiger partial charge >= 0.3 is 0 Å². The molecule has 0 bridgehead atoms. The first kappa shape index (κ1) is 18.4. The molecule has 0 radical (unpaired) electrons. The van der Waals surface area contributed by atoms with Crippen LogP contribution in [0.4, 0.5) is 5.69 Å². The third-order valence-corrected chi connectivity index (χ3v) is 4.13. The van der Waals surface area contributed by atoms with E-state index < -0.39 is 0 Å². The van der Waals surface area contributed by atoms with Gasteiger partial charge in [-0.15, -0.1) is 0 Å². The minimum atomic E-state index is 0.691. The first-order valence-electron chi connectivity index (χ1n) is 8.17. The van der Waals surface area contributed by atoms with Gasteiger partial charge in [0.15, 0.2) is 0 Å². The Hall–Kier alpha value is -2.93. The Balaban J connectivity index is 2.63. The van der Waals surface area contributed by atoms with Crippen LogP contribution in [0.5, 0.6) is 11.5 Å². The van der Waals surface area contributed by atoms with Gasteiger partial charge in [0.2, 0.25) is 0 Å². The van der Waals surface area contributed by atoms with Crippen LogP contribution in [0.2, 0.25) is 0 Å². The van der Waals surface area contributed by atoms with E-state index in [4.69, 9.17) is 9.47 Å². The molecule has 0 aliphatic carbocycles. The summed E-state index contributed by atoms with van der Waals surface area (Å²) in [6, 6.07) is 14.1. The first-order valence-corrected chi connectivity index (χ1v) is 8.17. The highest BCUT2D eigenvalue weighted by atomic mass is 16.5. The predicted octanol–water partition coefficient (Wildman–Crippen LogP) is 4.29. The van der Waals surface area contributed by atoms with Gasteiger partial charge in [0.25, 0.3) is 0 Å². The molecule has 2 aromatic rings. The number of anilines is 1. The van der Waals surface area contributed by atoms with E-state index in [0.717, 1.165) is 28.8 Å². The number of nitriles is 1. The Bertz CT molecular complexity index is 795. The van der Waals surface area contributed by atoms with E-state index in [-0.39, 0.29) is 0 Å². The summed E-state index contributed by atoms with van der Waals surface area (Å²) in [6.07, 6.45) is 2.52. The molecule has 2 rings (SSSR count). The number of hydrogen-bond acceptors (Lipinski definition) is 4. The van der Waals surface area contributed by atoms with Gasteiger partial charge in [0, 0.05) is 31.9 Å². The summed E-state index contributed by atoms with van der Waals surface area (Å²) in [5.74, 6) is 1.38. The first-order chi connectivity index (χ1) is 12.0. The predicted molar refractivity (Wildman–Crippen MR) is 102 cm³/mol. The van der Waals surface area contributed by atoms with Crippen LogP contribution in [-0.2, 0) is 6.42 Å². The fourth-order valence-electron chi connectivity index (χ4n) is 2.81. The topological polar surface area (TPSA) is 45.5 Å². The molecule has 0 saturated carbocycles. The maximum absolute atomic E-state index is 9.29. The monoisotopic (exact) mass is 336 g/mol. The van der Waals surface area contributed by atoms with Crippen molar-refractivity contribution >= 4 is 11.3 Å². The van der Waals surface area contributed by atoms with Crippen molar-refractivity contribution in [2.75, 3.05) is 33.2 Å². The largest absolute Gasteiger partial charge is 0.497 e. The van der Waals surface area contributed by atoms with Crippen LogP contribution in [0.15, 0.2) is 42.5 Å². The lowest BCUT2D eigenvalue weighted by Gasteiger charge is -2.19. The molecular formula is C21H24N2O2. The summed E-state index contributed by atoms with van der Waals surface area (Å²) in [5, 5.41) is 9.29. The second-order valence-electron chi connectivity index (χ2n) is 5.88. The highest BCUT2D eigenvalue weighted by Gasteiger charge is 2.12. The van der Waals surface area contributed by atoms with Crippen molar-refractivity contribution in [3.05, 3.63) is 59.2 Å². The molecule has 0 heterocycles. The SMILES string of the molecule is CCc1ccc(/C(=C\C#N)c2cc(OC)cc(OC)c2)cc1N(C)C. The van der Waals surface area contributed by atoms with Gasteiger partial charge < -0.3 is 14.4 Å². The molecule has 4 nitrogen and oxygen atoms in total. The van der Waals surface area contributed by atoms with Crippen LogP contribution in [0.1, 0.15) is 23.6 Å². The van der Waals surface area contributed by atoms with E-state index >= 15 is 0 Å². The average Bonchev–Trinajstić information content (AvgIpc) is 2.64. The van der Waals surface area contributed by atoms with Crippen molar-refractivity contribution < 1.29 is 9.47 Å². The smallest absolute Gasteiger partial charge is 0.123 e. The molecule has 0 aromatic heterocycles. The molecule has 0 aliphatic rings. The molecule has 4 heteroatoms. The maximum atomic E-state index is 9.29. The van der Waals surface area contributed by atoms with E-state index in [1.165, 1.54) is 5.56 Å². The van der Waals surface area contributed by atoms with Gasteiger partial charge in [-0.1, -0.05) is 19.1 Å². The zero-order valence-corrected chi connectivity index (χ0v) is 15.5. The van der Waals surface area contributed by atoms with E-state index in [1.54, 1.807) is 20.3 Å². The lowest BCUT2D eigenvalue weighted by molar-refractivity contribution is 0.394. The minimum absolute atomic E-state index is 0.691. The third-order valence-electron chi connectivity index (χ3n) is 4.13. The van der Waals surface area contributed by atoms with Gasteiger partial charge in [0.05, 0.1) is 20.3 Å². The van der Waals surface area contributed by atoms with Crippen molar-refractivity contribution in [1.82, 2.24) is 0 Å². The Morgan fingerprint density at radius 2 is 1.68 bits per heavy atom. The van der Waals surface area contributed by atoms with Gasteiger partial charge in [0.1, 0.15) is 11.5 Å². The van der Waals surface area contributed by atoms with Gasteiger partial charge in [-0.3, -0.25) is 0 Å². The second-order valence-corrected chi connectivity index (χ2v) is 5.88. The zero-order valence-electron chi connectivity index (χ0n) is 15.5. The number of ether oxygens (including phenoxy) is 2. The van der Waals surface area contributed by atoms with Gasteiger partial charge in [-0.2, -0.15) is 5.26 Å².